The van der Waals surface area contributed by atoms with Crippen LogP contribution in [0.3, 0.4) is 0 Å². The van der Waals surface area contributed by atoms with E-state index in [1.54, 1.807) is 11.3 Å². The number of carbonyl (C=O) groups excluding carboxylic acids is 1. The summed E-state index contributed by atoms with van der Waals surface area (Å²) in [6.45, 7) is 7.35. The van der Waals surface area contributed by atoms with E-state index in [2.05, 4.69) is 24.0 Å². The predicted molar refractivity (Wildman–Crippen MR) is 132 cm³/mol. The minimum Gasteiger partial charge on any atom is -0.454 e. The molecule has 3 heterocycles. The van der Waals surface area contributed by atoms with Gasteiger partial charge in [-0.15, -0.1) is 12.4 Å². The third-order valence-corrected chi connectivity index (χ3v) is 6.86. The Morgan fingerprint density at radius 2 is 1.94 bits per heavy atom. The molecule has 5 rings (SSSR count). The van der Waals surface area contributed by atoms with Crippen molar-refractivity contribution in [3.63, 3.8) is 0 Å². The average molecular weight is 490 g/mol. The Bertz CT molecular complexity index is 1120. The highest BCUT2D eigenvalue weighted by atomic mass is 35.5. The standard InChI is InChI=1S/C24H27N3O4S.ClH/c1-17-3-5-19-22(13-17)32-24(25-19)27(8-2-7-26-9-11-29-12-10-26)23(28)15-18-4-6-20-21(14-18)31-16-30-20;/h3-6,13-14H,2,7-12,15-16H2,1H3;1H. The summed E-state index contributed by atoms with van der Waals surface area (Å²) < 4.78 is 17.4. The number of carbonyl (C=O) groups is 1. The van der Waals surface area contributed by atoms with E-state index in [4.69, 9.17) is 19.2 Å². The molecule has 0 radical (unpaired) electrons. The first-order valence-electron chi connectivity index (χ1n) is 11.0. The van der Waals surface area contributed by atoms with Gasteiger partial charge in [-0.1, -0.05) is 23.5 Å². The van der Waals surface area contributed by atoms with Crippen LogP contribution in [0.5, 0.6) is 11.5 Å². The van der Waals surface area contributed by atoms with Crippen LogP contribution < -0.4 is 14.4 Å². The van der Waals surface area contributed by atoms with Crippen LogP contribution in [0, 0.1) is 6.92 Å². The second-order valence-corrected chi connectivity index (χ2v) is 9.19. The maximum atomic E-state index is 13.4. The maximum Gasteiger partial charge on any atom is 0.233 e. The van der Waals surface area contributed by atoms with E-state index in [1.807, 2.05) is 29.2 Å². The number of benzene rings is 2. The molecule has 33 heavy (non-hydrogen) atoms. The van der Waals surface area contributed by atoms with Crippen LogP contribution in [0.15, 0.2) is 36.4 Å². The number of fused-ring (bicyclic) bond motifs is 2. The zero-order chi connectivity index (χ0) is 21.9. The lowest BCUT2D eigenvalue weighted by Crippen LogP contribution is -2.39. The average Bonchev–Trinajstić information content (AvgIpc) is 3.43. The second kappa shape index (κ2) is 10.7. The minimum absolute atomic E-state index is 0. The van der Waals surface area contributed by atoms with Gasteiger partial charge in [0, 0.05) is 26.2 Å². The number of thiazole rings is 1. The number of morpholine rings is 1. The lowest BCUT2D eigenvalue weighted by atomic mass is 10.1. The Morgan fingerprint density at radius 3 is 2.79 bits per heavy atom. The summed E-state index contributed by atoms with van der Waals surface area (Å²) in [5.41, 5.74) is 3.04. The van der Waals surface area contributed by atoms with Crippen molar-refractivity contribution >= 4 is 45.0 Å². The smallest absolute Gasteiger partial charge is 0.233 e. The van der Waals surface area contributed by atoms with Gasteiger partial charge in [0.05, 0.1) is 29.9 Å². The van der Waals surface area contributed by atoms with Gasteiger partial charge >= 0.3 is 0 Å². The lowest BCUT2D eigenvalue weighted by molar-refractivity contribution is -0.118. The number of rotatable bonds is 7. The van der Waals surface area contributed by atoms with Gasteiger partial charge in [0.2, 0.25) is 12.7 Å². The van der Waals surface area contributed by atoms with Crippen LogP contribution in [0.25, 0.3) is 10.2 Å². The Balaban J connectivity index is 0.00000259. The normalized spacial score (nSPS) is 15.4. The summed E-state index contributed by atoms with van der Waals surface area (Å²) in [6, 6.07) is 11.9. The van der Waals surface area contributed by atoms with Crippen molar-refractivity contribution in [1.29, 1.82) is 0 Å². The van der Waals surface area contributed by atoms with Crippen molar-refractivity contribution in [2.75, 3.05) is 51.1 Å². The highest BCUT2D eigenvalue weighted by Gasteiger charge is 2.22. The number of amides is 1. The topological polar surface area (TPSA) is 64.1 Å². The van der Waals surface area contributed by atoms with Crippen LogP contribution in [0.4, 0.5) is 5.13 Å². The molecule has 2 aliphatic rings. The summed E-state index contributed by atoms with van der Waals surface area (Å²) in [6.07, 6.45) is 1.19. The van der Waals surface area contributed by atoms with Gasteiger partial charge in [0.25, 0.3) is 0 Å². The van der Waals surface area contributed by atoms with Gasteiger partial charge in [0.1, 0.15) is 0 Å². The SMILES string of the molecule is Cc1ccc2nc(N(CCCN3CCOCC3)C(=O)Cc3ccc4c(c3)OCO4)sc2c1.Cl. The molecular weight excluding hydrogens is 462 g/mol. The molecule has 0 bridgehead atoms. The van der Waals surface area contributed by atoms with E-state index in [0.717, 1.165) is 65.9 Å². The summed E-state index contributed by atoms with van der Waals surface area (Å²) >= 11 is 1.58. The Hall–Kier alpha value is -2.39. The van der Waals surface area contributed by atoms with E-state index >= 15 is 0 Å². The molecule has 1 fully saturated rings. The molecule has 9 heteroatoms. The molecule has 1 saturated heterocycles. The van der Waals surface area contributed by atoms with Crippen molar-refractivity contribution in [3.05, 3.63) is 47.5 Å². The molecule has 0 saturated carbocycles. The molecule has 7 nitrogen and oxygen atoms in total. The monoisotopic (exact) mass is 489 g/mol. The van der Waals surface area contributed by atoms with Crippen molar-refractivity contribution in [2.24, 2.45) is 0 Å². The highest BCUT2D eigenvalue weighted by molar-refractivity contribution is 7.22. The number of anilines is 1. The first kappa shape index (κ1) is 23.8. The Labute approximate surface area is 203 Å². The molecule has 1 amide bonds. The molecule has 176 valence electrons. The largest absolute Gasteiger partial charge is 0.454 e. The summed E-state index contributed by atoms with van der Waals surface area (Å²) in [5.74, 6) is 1.47. The van der Waals surface area contributed by atoms with Gasteiger partial charge in [-0.05, 0) is 48.7 Å². The van der Waals surface area contributed by atoms with Crippen molar-refractivity contribution in [3.8, 4) is 11.5 Å². The Morgan fingerprint density at radius 1 is 1.12 bits per heavy atom. The summed E-state index contributed by atoms with van der Waals surface area (Å²) in [5, 5.41) is 0.762. The molecule has 2 aromatic carbocycles. The number of hydrogen-bond donors (Lipinski definition) is 0. The van der Waals surface area contributed by atoms with E-state index < -0.39 is 0 Å². The van der Waals surface area contributed by atoms with Crippen molar-refractivity contribution < 1.29 is 19.0 Å². The fraction of sp³-hybridized carbons (Fsp3) is 0.417. The summed E-state index contributed by atoms with van der Waals surface area (Å²) in [7, 11) is 0. The van der Waals surface area contributed by atoms with Crippen LogP contribution in [0.1, 0.15) is 17.5 Å². The van der Waals surface area contributed by atoms with Crippen LogP contribution in [-0.4, -0.2) is 62.0 Å². The number of halogens is 1. The third-order valence-electron chi connectivity index (χ3n) is 5.82. The minimum atomic E-state index is 0. The molecule has 3 aromatic rings. The molecule has 0 spiro atoms. The van der Waals surface area contributed by atoms with E-state index in [9.17, 15) is 4.79 Å². The third kappa shape index (κ3) is 5.58. The summed E-state index contributed by atoms with van der Waals surface area (Å²) in [4.78, 5) is 22.5. The highest BCUT2D eigenvalue weighted by Crippen LogP contribution is 2.33. The fourth-order valence-corrected chi connectivity index (χ4v) is 5.17. The van der Waals surface area contributed by atoms with Gasteiger partial charge in [0.15, 0.2) is 16.6 Å². The van der Waals surface area contributed by atoms with Gasteiger partial charge in [-0.25, -0.2) is 4.98 Å². The van der Waals surface area contributed by atoms with Crippen LogP contribution >= 0.6 is 23.7 Å². The number of ether oxygens (including phenoxy) is 3. The predicted octanol–water partition coefficient (Wildman–Crippen LogP) is 4.05. The number of hydrogen-bond acceptors (Lipinski definition) is 7. The van der Waals surface area contributed by atoms with Gasteiger partial charge in [-0.3, -0.25) is 14.6 Å². The number of aromatic nitrogens is 1. The zero-order valence-corrected chi connectivity index (χ0v) is 20.3. The first-order chi connectivity index (χ1) is 15.7. The van der Waals surface area contributed by atoms with Gasteiger partial charge in [-0.2, -0.15) is 0 Å². The lowest BCUT2D eigenvalue weighted by Gasteiger charge is -2.27. The number of nitrogens with zero attached hydrogens (tertiary/aromatic N) is 3. The zero-order valence-electron chi connectivity index (χ0n) is 18.6. The molecule has 0 N–H and O–H groups in total. The molecule has 2 aliphatic heterocycles. The van der Waals surface area contributed by atoms with Gasteiger partial charge < -0.3 is 14.2 Å². The second-order valence-electron chi connectivity index (χ2n) is 8.18. The maximum absolute atomic E-state index is 13.4. The van der Waals surface area contributed by atoms with Crippen LogP contribution in [-0.2, 0) is 16.0 Å². The van der Waals surface area contributed by atoms with Crippen LogP contribution in [0.2, 0.25) is 0 Å². The number of aryl methyl sites for hydroxylation is 1. The molecular formula is C24H28ClN3O4S. The quantitative estimate of drug-likeness (QED) is 0.499. The first-order valence-corrected chi connectivity index (χ1v) is 11.8. The molecule has 0 aliphatic carbocycles. The molecule has 0 atom stereocenters. The van der Waals surface area contributed by atoms with E-state index in [-0.39, 0.29) is 25.1 Å². The molecule has 0 unspecified atom stereocenters. The molecule has 1 aromatic heterocycles. The fourth-order valence-electron chi connectivity index (χ4n) is 4.06. The van der Waals surface area contributed by atoms with E-state index in [0.29, 0.717) is 18.7 Å². The van der Waals surface area contributed by atoms with Crippen molar-refractivity contribution in [2.45, 2.75) is 19.8 Å². The van der Waals surface area contributed by atoms with Crippen molar-refractivity contribution in [1.82, 2.24) is 9.88 Å². The Kier molecular flexibility index (Phi) is 7.70. The van der Waals surface area contributed by atoms with E-state index in [1.165, 1.54) is 5.56 Å².